The zero-order valence-electron chi connectivity index (χ0n) is 12.3. The number of carbonyl (C=O) groups is 2. The molecule has 0 fully saturated rings. The predicted octanol–water partition coefficient (Wildman–Crippen LogP) is 3.76. The lowest BCUT2D eigenvalue weighted by Crippen LogP contribution is -2.37. The van der Waals surface area contributed by atoms with Gasteiger partial charge in [0.05, 0.1) is 17.1 Å². The number of halogens is 1. The van der Waals surface area contributed by atoms with E-state index in [1.807, 2.05) is 48.5 Å². The number of benzene rings is 2. The van der Waals surface area contributed by atoms with Crippen LogP contribution in [0.15, 0.2) is 53.4 Å². The molecule has 1 aliphatic heterocycles. The summed E-state index contributed by atoms with van der Waals surface area (Å²) in [6.45, 7) is 0.394. The van der Waals surface area contributed by atoms with Gasteiger partial charge in [-0.15, -0.1) is 11.8 Å². The van der Waals surface area contributed by atoms with Gasteiger partial charge in [-0.25, -0.2) is 0 Å². The highest BCUT2D eigenvalue weighted by Crippen LogP contribution is 2.34. The molecule has 0 aliphatic carbocycles. The summed E-state index contributed by atoms with van der Waals surface area (Å²) in [7, 11) is 0. The van der Waals surface area contributed by atoms with Gasteiger partial charge in [0.2, 0.25) is 11.8 Å². The zero-order valence-corrected chi connectivity index (χ0v) is 15.3. The summed E-state index contributed by atoms with van der Waals surface area (Å²) in [5.74, 6) is 0.392. The van der Waals surface area contributed by atoms with Gasteiger partial charge in [0.25, 0.3) is 0 Å². The van der Waals surface area contributed by atoms with Crippen LogP contribution in [0.1, 0.15) is 6.42 Å². The highest BCUT2D eigenvalue weighted by atomic mass is 127. The van der Waals surface area contributed by atoms with Crippen LogP contribution >= 0.6 is 34.4 Å². The molecule has 6 heteroatoms. The first-order chi connectivity index (χ1) is 11.1. The first kappa shape index (κ1) is 16.3. The Labute approximate surface area is 152 Å². The average molecular weight is 438 g/mol. The maximum absolute atomic E-state index is 12.2. The number of rotatable bonds is 4. The SMILES string of the molecule is O=C(CCN1C(=O)CSc2ccccc21)Nc1ccccc1I. The molecule has 2 aromatic rings. The van der Waals surface area contributed by atoms with Gasteiger partial charge >= 0.3 is 0 Å². The highest BCUT2D eigenvalue weighted by molar-refractivity contribution is 14.1. The van der Waals surface area contributed by atoms with Gasteiger partial charge in [-0.2, -0.15) is 0 Å². The molecular weight excluding hydrogens is 423 g/mol. The lowest BCUT2D eigenvalue weighted by molar-refractivity contribution is -0.117. The number of amides is 2. The Morgan fingerprint density at radius 1 is 1.17 bits per heavy atom. The molecule has 0 atom stereocenters. The van der Waals surface area contributed by atoms with Crippen molar-refractivity contribution in [2.75, 3.05) is 22.5 Å². The van der Waals surface area contributed by atoms with Crippen molar-refractivity contribution in [3.8, 4) is 0 Å². The Balaban J connectivity index is 1.65. The van der Waals surface area contributed by atoms with Crippen LogP contribution in [0.2, 0.25) is 0 Å². The number of para-hydroxylation sites is 2. The first-order valence-corrected chi connectivity index (χ1v) is 9.28. The quantitative estimate of drug-likeness (QED) is 0.740. The summed E-state index contributed by atoms with van der Waals surface area (Å²) in [4.78, 5) is 27.1. The number of fused-ring (bicyclic) bond motifs is 1. The first-order valence-electron chi connectivity index (χ1n) is 7.22. The van der Waals surface area contributed by atoms with E-state index < -0.39 is 0 Å². The van der Waals surface area contributed by atoms with E-state index in [4.69, 9.17) is 0 Å². The van der Waals surface area contributed by atoms with E-state index in [9.17, 15) is 9.59 Å². The molecule has 0 saturated heterocycles. The number of carbonyl (C=O) groups excluding carboxylic acids is 2. The molecule has 1 N–H and O–H groups in total. The van der Waals surface area contributed by atoms with Crippen LogP contribution in [0, 0.1) is 3.57 Å². The van der Waals surface area contributed by atoms with Crippen LogP contribution < -0.4 is 10.2 Å². The van der Waals surface area contributed by atoms with Crippen LogP contribution in [0.5, 0.6) is 0 Å². The van der Waals surface area contributed by atoms with Gasteiger partial charge in [0.1, 0.15) is 0 Å². The number of nitrogens with one attached hydrogen (secondary N) is 1. The Kier molecular flexibility index (Phi) is 5.22. The predicted molar refractivity (Wildman–Crippen MR) is 102 cm³/mol. The summed E-state index contributed by atoms with van der Waals surface area (Å²) in [5, 5.41) is 2.90. The molecule has 3 rings (SSSR count). The second-order valence-corrected chi connectivity index (χ2v) is 7.26. The van der Waals surface area contributed by atoms with Gasteiger partial charge in [0.15, 0.2) is 0 Å². The van der Waals surface area contributed by atoms with Crippen molar-refractivity contribution in [2.24, 2.45) is 0 Å². The number of hydrogen-bond donors (Lipinski definition) is 1. The monoisotopic (exact) mass is 438 g/mol. The lowest BCUT2D eigenvalue weighted by Gasteiger charge is -2.28. The molecule has 1 heterocycles. The van der Waals surface area contributed by atoms with Crippen LogP contribution in [-0.4, -0.2) is 24.1 Å². The standard InChI is InChI=1S/C17H15IN2O2S/c18-12-5-1-2-6-13(12)19-16(21)9-10-20-14-7-3-4-8-15(14)23-11-17(20)22/h1-8H,9-11H2,(H,19,21). The second-order valence-electron chi connectivity index (χ2n) is 5.08. The molecule has 0 radical (unpaired) electrons. The van der Waals surface area contributed by atoms with Gasteiger partial charge in [-0.05, 0) is 46.9 Å². The molecule has 0 unspecified atom stereocenters. The summed E-state index contributed by atoms with van der Waals surface area (Å²) in [6, 6.07) is 15.4. The Hall–Kier alpha value is -1.54. The molecule has 4 nitrogen and oxygen atoms in total. The van der Waals surface area contributed by atoms with E-state index in [2.05, 4.69) is 27.9 Å². The fourth-order valence-electron chi connectivity index (χ4n) is 2.39. The van der Waals surface area contributed by atoms with Crippen molar-refractivity contribution in [3.05, 3.63) is 52.1 Å². The summed E-state index contributed by atoms with van der Waals surface area (Å²) < 4.78 is 0.995. The zero-order chi connectivity index (χ0) is 16.2. The van der Waals surface area contributed by atoms with Gasteiger partial charge in [-0.1, -0.05) is 24.3 Å². The molecule has 1 aliphatic rings. The normalized spacial score (nSPS) is 13.6. The fourth-order valence-corrected chi connectivity index (χ4v) is 3.85. The molecule has 0 aromatic heterocycles. The molecule has 0 spiro atoms. The number of thioether (sulfide) groups is 1. The molecule has 0 saturated carbocycles. The Morgan fingerprint density at radius 2 is 1.91 bits per heavy atom. The maximum Gasteiger partial charge on any atom is 0.237 e. The van der Waals surface area contributed by atoms with E-state index in [0.717, 1.165) is 19.8 Å². The fraction of sp³-hybridized carbons (Fsp3) is 0.176. The maximum atomic E-state index is 12.2. The topological polar surface area (TPSA) is 49.4 Å². The van der Waals surface area contributed by atoms with E-state index in [1.54, 1.807) is 16.7 Å². The summed E-state index contributed by atoms with van der Waals surface area (Å²) >= 11 is 3.73. The smallest absolute Gasteiger partial charge is 0.237 e. The third kappa shape index (κ3) is 3.87. The minimum atomic E-state index is -0.0855. The third-order valence-corrected chi connectivity index (χ3v) is 5.51. The van der Waals surface area contributed by atoms with Crippen LogP contribution in [-0.2, 0) is 9.59 Å². The average Bonchev–Trinajstić information content (AvgIpc) is 2.56. The molecule has 0 bridgehead atoms. The Bertz CT molecular complexity index is 751. The number of anilines is 2. The minimum absolute atomic E-state index is 0.0517. The molecule has 23 heavy (non-hydrogen) atoms. The van der Waals surface area contributed by atoms with Crippen molar-refractivity contribution < 1.29 is 9.59 Å². The van der Waals surface area contributed by atoms with Crippen LogP contribution in [0.3, 0.4) is 0 Å². The minimum Gasteiger partial charge on any atom is -0.325 e. The van der Waals surface area contributed by atoms with Crippen molar-refractivity contribution in [3.63, 3.8) is 0 Å². The van der Waals surface area contributed by atoms with E-state index in [1.165, 1.54) is 0 Å². The largest absolute Gasteiger partial charge is 0.325 e. The van der Waals surface area contributed by atoms with Crippen LogP contribution in [0.4, 0.5) is 11.4 Å². The van der Waals surface area contributed by atoms with Crippen molar-refractivity contribution in [2.45, 2.75) is 11.3 Å². The van der Waals surface area contributed by atoms with Crippen molar-refractivity contribution >= 4 is 57.5 Å². The van der Waals surface area contributed by atoms with E-state index >= 15 is 0 Å². The lowest BCUT2D eigenvalue weighted by atomic mass is 10.2. The molecule has 2 amide bonds. The number of hydrogen-bond acceptors (Lipinski definition) is 3. The van der Waals surface area contributed by atoms with Crippen molar-refractivity contribution in [1.82, 2.24) is 0 Å². The Morgan fingerprint density at radius 3 is 2.74 bits per heavy atom. The summed E-state index contributed by atoms with van der Waals surface area (Å²) in [5.41, 5.74) is 1.70. The molecule has 118 valence electrons. The van der Waals surface area contributed by atoms with Gasteiger partial charge in [0, 0.05) is 21.4 Å². The molecule has 2 aromatic carbocycles. The van der Waals surface area contributed by atoms with Crippen LogP contribution in [0.25, 0.3) is 0 Å². The van der Waals surface area contributed by atoms with Crippen molar-refractivity contribution in [1.29, 1.82) is 0 Å². The van der Waals surface area contributed by atoms with Gasteiger partial charge in [-0.3, -0.25) is 9.59 Å². The highest BCUT2D eigenvalue weighted by Gasteiger charge is 2.24. The molecular formula is C17H15IN2O2S. The van der Waals surface area contributed by atoms with E-state index in [0.29, 0.717) is 12.3 Å². The third-order valence-electron chi connectivity index (χ3n) is 3.52. The van der Waals surface area contributed by atoms with Gasteiger partial charge < -0.3 is 10.2 Å². The second kappa shape index (κ2) is 7.35. The summed E-state index contributed by atoms with van der Waals surface area (Å²) in [6.07, 6.45) is 0.274. The van der Waals surface area contributed by atoms with E-state index in [-0.39, 0.29) is 18.2 Å². The number of nitrogens with zero attached hydrogens (tertiary/aromatic N) is 1.